The van der Waals surface area contributed by atoms with E-state index in [1.165, 1.54) is 12.7 Å². The van der Waals surface area contributed by atoms with E-state index in [1.54, 1.807) is 6.08 Å². The number of rotatable bonds is 5. The number of allylic oxidation sites excluding steroid dienone is 1. The summed E-state index contributed by atoms with van der Waals surface area (Å²) in [4.78, 5) is 11.3. The molecule has 18 heavy (non-hydrogen) atoms. The Morgan fingerprint density at radius 3 is 2.33 bits per heavy atom. The summed E-state index contributed by atoms with van der Waals surface area (Å²) in [5.74, 6) is 0.240. The first-order valence-electron chi connectivity index (χ1n) is 6.47. The van der Waals surface area contributed by atoms with Gasteiger partial charge in [-0.1, -0.05) is 51.5 Å². The number of ether oxygens (including phenoxy) is 1. The smallest absolute Gasteiger partial charge is 0.330 e. The summed E-state index contributed by atoms with van der Waals surface area (Å²) in [5, 5.41) is 0. The van der Waals surface area contributed by atoms with Gasteiger partial charge in [0, 0.05) is 6.08 Å². The maximum atomic E-state index is 11.3. The summed E-state index contributed by atoms with van der Waals surface area (Å²) in [6, 6.07) is 8.42. The molecular weight excluding hydrogens is 224 g/mol. The lowest BCUT2D eigenvalue weighted by Crippen LogP contribution is -1.97. The molecule has 0 aliphatic heterocycles. The van der Waals surface area contributed by atoms with Crippen LogP contribution in [0, 0.1) is 0 Å². The Labute approximate surface area is 110 Å². The normalized spacial score (nSPS) is 11.7. The molecule has 0 aromatic heterocycles. The number of esters is 1. The highest BCUT2D eigenvalue weighted by atomic mass is 16.5. The highest BCUT2D eigenvalue weighted by Gasteiger charge is 2.05. The van der Waals surface area contributed by atoms with Crippen LogP contribution in [0.4, 0.5) is 0 Å². The quantitative estimate of drug-likeness (QED) is 0.576. The SMILES string of the molecule is CCCC(=CC(=O)OC)c1ccc(C(C)C)cc1. The van der Waals surface area contributed by atoms with Gasteiger partial charge in [0.25, 0.3) is 0 Å². The predicted molar refractivity (Wildman–Crippen MR) is 75.4 cm³/mol. The molecule has 0 unspecified atom stereocenters. The molecule has 0 heterocycles. The van der Waals surface area contributed by atoms with Crippen molar-refractivity contribution >= 4 is 11.5 Å². The van der Waals surface area contributed by atoms with Crippen LogP contribution in [0.5, 0.6) is 0 Å². The Morgan fingerprint density at radius 1 is 1.28 bits per heavy atom. The average molecular weight is 246 g/mol. The molecule has 1 aromatic carbocycles. The van der Waals surface area contributed by atoms with Gasteiger partial charge in [-0.15, -0.1) is 0 Å². The largest absolute Gasteiger partial charge is 0.466 e. The third kappa shape index (κ3) is 4.02. The second-order valence-corrected chi connectivity index (χ2v) is 4.72. The van der Waals surface area contributed by atoms with Crippen LogP contribution in [0.2, 0.25) is 0 Å². The molecule has 98 valence electrons. The molecule has 2 heteroatoms. The Bertz CT molecular complexity index is 413. The third-order valence-corrected chi connectivity index (χ3v) is 2.96. The topological polar surface area (TPSA) is 26.3 Å². The van der Waals surface area contributed by atoms with Crippen molar-refractivity contribution in [2.45, 2.75) is 39.5 Å². The zero-order valence-electron chi connectivity index (χ0n) is 11.7. The van der Waals surface area contributed by atoms with Gasteiger partial charge in [0.05, 0.1) is 7.11 Å². The van der Waals surface area contributed by atoms with E-state index in [0.29, 0.717) is 5.92 Å². The Morgan fingerprint density at radius 2 is 1.89 bits per heavy atom. The van der Waals surface area contributed by atoms with Crippen molar-refractivity contribution in [3.8, 4) is 0 Å². The number of carbonyl (C=O) groups is 1. The Kier molecular flexibility index (Phi) is 5.63. The summed E-state index contributed by atoms with van der Waals surface area (Å²) < 4.78 is 4.70. The standard InChI is InChI=1S/C16H22O2/c1-5-6-15(11-16(17)18-4)14-9-7-13(8-10-14)12(2)3/h7-12H,5-6H2,1-4H3. The van der Waals surface area contributed by atoms with E-state index in [4.69, 9.17) is 4.74 Å². The first-order valence-corrected chi connectivity index (χ1v) is 6.47. The molecule has 2 nitrogen and oxygen atoms in total. The number of methoxy groups -OCH3 is 1. The van der Waals surface area contributed by atoms with Crippen molar-refractivity contribution < 1.29 is 9.53 Å². The van der Waals surface area contributed by atoms with Crippen LogP contribution in [0.3, 0.4) is 0 Å². The summed E-state index contributed by atoms with van der Waals surface area (Å²) >= 11 is 0. The molecule has 0 saturated carbocycles. The van der Waals surface area contributed by atoms with Crippen LogP contribution in [0.15, 0.2) is 30.3 Å². The van der Waals surface area contributed by atoms with Crippen molar-refractivity contribution in [1.29, 1.82) is 0 Å². The molecule has 0 aliphatic rings. The minimum Gasteiger partial charge on any atom is -0.466 e. The van der Waals surface area contributed by atoms with Gasteiger partial charge in [-0.2, -0.15) is 0 Å². The summed E-state index contributed by atoms with van der Waals surface area (Å²) in [6.45, 7) is 6.45. The molecule has 0 amide bonds. The molecule has 0 spiro atoms. The fourth-order valence-electron chi connectivity index (χ4n) is 1.85. The van der Waals surface area contributed by atoms with E-state index in [0.717, 1.165) is 24.0 Å². The summed E-state index contributed by atoms with van der Waals surface area (Å²) in [7, 11) is 1.41. The van der Waals surface area contributed by atoms with Crippen LogP contribution in [0.25, 0.3) is 5.57 Å². The zero-order valence-corrected chi connectivity index (χ0v) is 11.7. The van der Waals surface area contributed by atoms with Crippen LogP contribution < -0.4 is 0 Å². The highest BCUT2D eigenvalue weighted by Crippen LogP contribution is 2.22. The molecule has 1 rings (SSSR count). The van der Waals surface area contributed by atoms with Crippen LogP contribution >= 0.6 is 0 Å². The van der Waals surface area contributed by atoms with E-state index in [1.807, 2.05) is 0 Å². The molecule has 0 N–H and O–H groups in total. The van der Waals surface area contributed by atoms with Gasteiger partial charge in [0.1, 0.15) is 0 Å². The van der Waals surface area contributed by atoms with Crippen molar-refractivity contribution in [1.82, 2.24) is 0 Å². The fourth-order valence-corrected chi connectivity index (χ4v) is 1.85. The predicted octanol–water partition coefficient (Wildman–Crippen LogP) is 4.17. The Hall–Kier alpha value is -1.57. The van der Waals surface area contributed by atoms with Crippen molar-refractivity contribution in [3.63, 3.8) is 0 Å². The number of hydrogen-bond acceptors (Lipinski definition) is 2. The minimum atomic E-state index is -0.286. The van der Waals surface area contributed by atoms with E-state index >= 15 is 0 Å². The molecule has 0 radical (unpaired) electrons. The maximum Gasteiger partial charge on any atom is 0.330 e. The fraction of sp³-hybridized carbons (Fsp3) is 0.438. The zero-order chi connectivity index (χ0) is 13.5. The highest BCUT2D eigenvalue weighted by molar-refractivity contribution is 5.91. The van der Waals surface area contributed by atoms with Crippen LogP contribution in [-0.4, -0.2) is 13.1 Å². The summed E-state index contributed by atoms with van der Waals surface area (Å²) in [5.41, 5.74) is 3.46. The van der Waals surface area contributed by atoms with Crippen molar-refractivity contribution in [2.75, 3.05) is 7.11 Å². The lowest BCUT2D eigenvalue weighted by molar-refractivity contribution is -0.134. The second-order valence-electron chi connectivity index (χ2n) is 4.72. The molecule has 0 bridgehead atoms. The second kappa shape index (κ2) is 7.00. The number of benzene rings is 1. The van der Waals surface area contributed by atoms with Crippen LogP contribution in [0.1, 0.15) is 50.7 Å². The Balaban J connectivity index is 2.99. The van der Waals surface area contributed by atoms with Crippen molar-refractivity contribution in [2.24, 2.45) is 0 Å². The molecular formula is C16H22O2. The lowest BCUT2D eigenvalue weighted by Gasteiger charge is -2.09. The average Bonchev–Trinajstić information content (AvgIpc) is 2.38. The van der Waals surface area contributed by atoms with Gasteiger partial charge in [-0.05, 0) is 29.0 Å². The van der Waals surface area contributed by atoms with Gasteiger partial charge >= 0.3 is 5.97 Å². The molecule has 0 fully saturated rings. The van der Waals surface area contributed by atoms with Gasteiger partial charge in [-0.3, -0.25) is 0 Å². The summed E-state index contributed by atoms with van der Waals surface area (Å²) in [6.07, 6.45) is 3.48. The number of carbonyl (C=O) groups excluding carboxylic acids is 1. The molecule has 0 aliphatic carbocycles. The van der Waals surface area contributed by atoms with Gasteiger partial charge in [-0.25, -0.2) is 4.79 Å². The van der Waals surface area contributed by atoms with Gasteiger partial charge in [0.2, 0.25) is 0 Å². The third-order valence-electron chi connectivity index (χ3n) is 2.96. The van der Waals surface area contributed by atoms with Crippen molar-refractivity contribution in [3.05, 3.63) is 41.5 Å². The van der Waals surface area contributed by atoms with E-state index in [-0.39, 0.29) is 5.97 Å². The maximum absolute atomic E-state index is 11.3. The monoisotopic (exact) mass is 246 g/mol. The lowest BCUT2D eigenvalue weighted by atomic mass is 9.96. The first kappa shape index (κ1) is 14.5. The van der Waals surface area contributed by atoms with Gasteiger partial charge in [0.15, 0.2) is 0 Å². The van der Waals surface area contributed by atoms with E-state index in [9.17, 15) is 4.79 Å². The molecule has 1 aromatic rings. The first-order chi connectivity index (χ1) is 8.58. The molecule has 0 atom stereocenters. The minimum absolute atomic E-state index is 0.286. The number of hydrogen-bond donors (Lipinski definition) is 0. The van der Waals surface area contributed by atoms with E-state index < -0.39 is 0 Å². The molecule has 0 saturated heterocycles. The van der Waals surface area contributed by atoms with E-state index in [2.05, 4.69) is 45.0 Å². The van der Waals surface area contributed by atoms with Crippen LogP contribution in [-0.2, 0) is 9.53 Å². The van der Waals surface area contributed by atoms with Gasteiger partial charge < -0.3 is 4.74 Å².